The summed E-state index contributed by atoms with van der Waals surface area (Å²) in [4.78, 5) is 18.9. The molecule has 6 nitrogen and oxygen atoms in total. The monoisotopic (exact) mass is 398 g/mol. The molecule has 146 valence electrons. The Labute approximate surface area is 169 Å². The third kappa shape index (κ3) is 4.64. The first-order valence-electron chi connectivity index (χ1n) is 9.50. The molecule has 1 amide bonds. The standard InChI is InChI=1S/C21H23ClN4O2/c22-20-8-7-19(28-20)14-25-10-1-2-16(13-25)12-24-21(27)17-3-5-18(6-4-17)26-11-9-23-15-26/h3-9,11,15-16H,1-2,10,12-14H2,(H,24,27). The number of furan rings is 1. The largest absolute Gasteiger partial charge is 0.448 e. The van der Waals surface area contributed by atoms with Gasteiger partial charge in [0.05, 0.1) is 12.9 Å². The SMILES string of the molecule is O=C(NCC1CCCN(Cc2ccc(Cl)o2)C1)c1ccc(-n2ccnc2)cc1. The van der Waals surface area contributed by atoms with Gasteiger partial charge in [-0.05, 0) is 73.3 Å². The highest BCUT2D eigenvalue weighted by Crippen LogP contribution is 2.20. The number of rotatable bonds is 6. The van der Waals surface area contributed by atoms with Crippen LogP contribution in [0.1, 0.15) is 29.0 Å². The summed E-state index contributed by atoms with van der Waals surface area (Å²) >= 11 is 5.85. The molecule has 4 rings (SSSR count). The molecular formula is C21H23ClN4O2. The molecular weight excluding hydrogens is 376 g/mol. The number of carbonyl (C=O) groups is 1. The molecule has 7 heteroatoms. The number of hydrogen-bond acceptors (Lipinski definition) is 4. The predicted octanol–water partition coefficient (Wildman–Crippen LogP) is 3.76. The fourth-order valence-corrected chi connectivity index (χ4v) is 3.82. The summed E-state index contributed by atoms with van der Waals surface area (Å²) in [5, 5.41) is 3.51. The second-order valence-electron chi connectivity index (χ2n) is 7.18. The summed E-state index contributed by atoms with van der Waals surface area (Å²) in [5.41, 5.74) is 1.65. The zero-order valence-electron chi connectivity index (χ0n) is 15.6. The van der Waals surface area contributed by atoms with Crippen molar-refractivity contribution in [2.75, 3.05) is 19.6 Å². The number of nitrogens with zero attached hydrogens (tertiary/aromatic N) is 3. The summed E-state index contributed by atoms with van der Waals surface area (Å²) in [7, 11) is 0. The fourth-order valence-electron chi connectivity index (χ4n) is 3.65. The second kappa shape index (κ2) is 8.63. The van der Waals surface area contributed by atoms with E-state index in [1.807, 2.05) is 41.1 Å². The first-order valence-corrected chi connectivity index (χ1v) is 9.88. The van der Waals surface area contributed by atoms with Crippen molar-refractivity contribution in [1.82, 2.24) is 19.8 Å². The predicted molar refractivity (Wildman–Crippen MR) is 108 cm³/mol. The van der Waals surface area contributed by atoms with Crippen LogP contribution in [0.15, 0.2) is 59.5 Å². The van der Waals surface area contributed by atoms with Crippen LogP contribution in [-0.4, -0.2) is 40.0 Å². The lowest BCUT2D eigenvalue weighted by Crippen LogP contribution is -2.40. The van der Waals surface area contributed by atoms with Crippen LogP contribution in [0.3, 0.4) is 0 Å². The number of aromatic nitrogens is 2. The van der Waals surface area contributed by atoms with Crippen LogP contribution in [-0.2, 0) is 6.54 Å². The van der Waals surface area contributed by atoms with Crippen molar-refractivity contribution in [3.63, 3.8) is 0 Å². The molecule has 0 saturated carbocycles. The van der Waals surface area contributed by atoms with E-state index in [0.717, 1.165) is 43.9 Å². The average Bonchev–Trinajstić information content (AvgIpc) is 3.39. The lowest BCUT2D eigenvalue weighted by Gasteiger charge is -2.32. The van der Waals surface area contributed by atoms with Gasteiger partial charge >= 0.3 is 0 Å². The van der Waals surface area contributed by atoms with Gasteiger partial charge in [0.15, 0.2) is 5.22 Å². The molecule has 1 fully saturated rings. The lowest BCUT2D eigenvalue weighted by atomic mass is 9.97. The molecule has 0 bridgehead atoms. The van der Waals surface area contributed by atoms with Crippen LogP contribution in [0.2, 0.25) is 5.22 Å². The number of benzene rings is 1. The van der Waals surface area contributed by atoms with Crippen molar-refractivity contribution in [1.29, 1.82) is 0 Å². The van der Waals surface area contributed by atoms with Crippen molar-refractivity contribution in [3.05, 3.63) is 71.7 Å². The Bertz CT molecular complexity index is 905. The number of carbonyl (C=O) groups excluding carboxylic acids is 1. The molecule has 28 heavy (non-hydrogen) atoms. The van der Waals surface area contributed by atoms with Crippen LogP contribution in [0.25, 0.3) is 5.69 Å². The van der Waals surface area contributed by atoms with Crippen LogP contribution in [0, 0.1) is 5.92 Å². The summed E-state index contributed by atoms with van der Waals surface area (Å²) in [6.07, 6.45) is 7.58. The van der Waals surface area contributed by atoms with Gasteiger partial charge in [-0.2, -0.15) is 0 Å². The van der Waals surface area contributed by atoms with Crippen molar-refractivity contribution in [2.24, 2.45) is 5.92 Å². The van der Waals surface area contributed by atoms with E-state index in [1.165, 1.54) is 0 Å². The summed E-state index contributed by atoms with van der Waals surface area (Å²) < 4.78 is 7.37. The maximum atomic E-state index is 12.5. The number of halogens is 1. The minimum Gasteiger partial charge on any atom is -0.448 e. The van der Waals surface area contributed by atoms with Crippen molar-refractivity contribution in [2.45, 2.75) is 19.4 Å². The van der Waals surface area contributed by atoms with E-state index in [1.54, 1.807) is 18.6 Å². The first kappa shape index (κ1) is 18.8. The molecule has 0 radical (unpaired) electrons. The summed E-state index contributed by atoms with van der Waals surface area (Å²) in [6.45, 7) is 3.42. The van der Waals surface area contributed by atoms with Gasteiger partial charge in [0.1, 0.15) is 5.76 Å². The zero-order chi connectivity index (χ0) is 19.3. The highest BCUT2D eigenvalue weighted by molar-refractivity contribution is 6.28. The van der Waals surface area contributed by atoms with Gasteiger partial charge in [-0.25, -0.2) is 4.98 Å². The Morgan fingerprint density at radius 2 is 2.11 bits per heavy atom. The van der Waals surface area contributed by atoms with E-state index >= 15 is 0 Å². The maximum Gasteiger partial charge on any atom is 0.251 e. The number of amides is 1. The van der Waals surface area contributed by atoms with Gasteiger partial charge in [-0.1, -0.05) is 0 Å². The highest BCUT2D eigenvalue weighted by atomic mass is 35.5. The average molecular weight is 399 g/mol. The Morgan fingerprint density at radius 3 is 2.82 bits per heavy atom. The van der Waals surface area contributed by atoms with Crippen molar-refractivity contribution < 1.29 is 9.21 Å². The third-order valence-electron chi connectivity index (χ3n) is 5.09. The quantitative estimate of drug-likeness (QED) is 0.686. The summed E-state index contributed by atoms with van der Waals surface area (Å²) in [5.74, 6) is 1.29. The molecule has 1 unspecified atom stereocenters. The third-order valence-corrected chi connectivity index (χ3v) is 5.30. The van der Waals surface area contributed by atoms with Crippen molar-refractivity contribution >= 4 is 17.5 Å². The van der Waals surface area contributed by atoms with Crippen LogP contribution in [0.4, 0.5) is 0 Å². The van der Waals surface area contributed by atoms with Crippen LogP contribution < -0.4 is 5.32 Å². The van der Waals surface area contributed by atoms with Gasteiger partial charge in [0.25, 0.3) is 5.91 Å². The molecule has 2 aromatic heterocycles. The topological polar surface area (TPSA) is 63.3 Å². The second-order valence-corrected chi connectivity index (χ2v) is 7.55. The minimum atomic E-state index is -0.0351. The molecule has 1 aromatic carbocycles. The van der Waals surface area contributed by atoms with Gasteiger partial charge in [-0.3, -0.25) is 9.69 Å². The smallest absolute Gasteiger partial charge is 0.251 e. The van der Waals surface area contributed by atoms with Crippen LogP contribution >= 0.6 is 11.6 Å². The molecule has 1 aliphatic rings. The molecule has 0 aliphatic carbocycles. The van der Waals surface area contributed by atoms with Gasteiger partial charge < -0.3 is 14.3 Å². The number of imidazole rings is 1. The van der Waals surface area contributed by atoms with E-state index < -0.39 is 0 Å². The van der Waals surface area contributed by atoms with Gasteiger partial charge in [-0.15, -0.1) is 0 Å². The number of piperidine rings is 1. The van der Waals surface area contributed by atoms with E-state index in [-0.39, 0.29) is 5.91 Å². The molecule has 1 N–H and O–H groups in total. The molecule has 1 saturated heterocycles. The summed E-state index contributed by atoms with van der Waals surface area (Å²) in [6, 6.07) is 11.2. The molecule has 3 heterocycles. The molecule has 3 aromatic rings. The number of hydrogen-bond donors (Lipinski definition) is 1. The van der Waals surface area contributed by atoms with Crippen LogP contribution in [0.5, 0.6) is 0 Å². The van der Waals surface area contributed by atoms with E-state index in [9.17, 15) is 4.79 Å². The van der Waals surface area contributed by atoms with Gasteiger partial charge in [0, 0.05) is 36.7 Å². The van der Waals surface area contributed by atoms with E-state index in [0.29, 0.717) is 23.2 Å². The van der Waals surface area contributed by atoms with Gasteiger partial charge in [0.2, 0.25) is 0 Å². The Hall–Kier alpha value is -2.57. The van der Waals surface area contributed by atoms with Crippen molar-refractivity contribution in [3.8, 4) is 5.69 Å². The molecule has 1 aliphatic heterocycles. The Balaban J connectivity index is 1.28. The van der Waals surface area contributed by atoms with E-state index in [2.05, 4.69) is 15.2 Å². The highest BCUT2D eigenvalue weighted by Gasteiger charge is 2.21. The number of nitrogens with one attached hydrogen (secondary N) is 1. The first-order chi connectivity index (χ1) is 13.7. The molecule has 1 atom stereocenters. The zero-order valence-corrected chi connectivity index (χ0v) is 16.3. The molecule has 0 spiro atoms. The number of likely N-dealkylation sites (tertiary alicyclic amines) is 1. The Kier molecular flexibility index (Phi) is 5.78. The lowest BCUT2D eigenvalue weighted by molar-refractivity contribution is 0.0928. The Morgan fingerprint density at radius 1 is 1.25 bits per heavy atom. The normalized spacial score (nSPS) is 17.5. The minimum absolute atomic E-state index is 0.0351. The van der Waals surface area contributed by atoms with E-state index in [4.69, 9.17) is 16.0 Å². The fraction of sp³-hybridized carbons (Fsp3) is 0.333. The maximum absolute atomic E-state index is 12.5.